The normalized spacial score (nSPS) is 23.0. The van der Waals surface area contributed by atoms with Crippen molar-refractivity contribution in [2.24, 2.45) is 11.7 Å². The number of para-hydroxylation sites is 1. The van der Waals surface area contributed by atoms with Crippen LogP contribution in [0.15, 0.2) is 29.2 Å². The van der Waals surface area contributed by atoms with Crippen molar-refractivity contribution in [1.82, 2.24) is 4.90 Å². The second-order valence-electron chi connectivity index (χ2n) is 6.95. The molecule has 0 spiro atoms. The van der Waals surface area contributed by atoms with Crippen LogP contribution >= 0.6 is 11.8 Å². The molecule has 1 aromatic carbocycles. The van der Waals surface area contributed by atoms with Crippen LogP contribution in [-0.2, 0) is 9.59 Å². The summed E-state index contributed by atoms with van der Waals surface area (Å²) in [4.78, 5) is 26.9. The molecular formula is C19H27N3O2S. The molecule has 1 aliphatic carbocycles. The van der Waals surface area contributed by atoms with E-state index in [1.54, 1.807) is 0 Å². The van der Waals surface area contributed by atoms with E-state index >= 15 is 0 Å². The van der Waals surface area contributed by atoms with Crippen molar-refractivity contribution in [3.8, 4) is 0 Å². The fraction of sp³-hybridized carbons (Fsp3) is 0.579. The van der Waals surface area contributed by atoms with Gasteiger partial charge in [0.25, 0.3) is 0 Å². The molecule has 3 N–H and O–H groups in total. The van der Waals surface area contributed by atoms with Gasteiger partial charge in [0.15, 0.2) is 0 Å². The summed E-state index contributed by atoms with van der Waals surface area (Å²) in [5.74, 6) is 0.784. The predicted molar refractivity (Wildman–Crippen MR) is 102 cm³/mol. The maximum atomic E-state index is 12.8. The van der Waals surface area contributed by atoms with Gasteiger partial charge in [0.1, 0.15) is 0 Å². The van der Waals surface area contributed by atoms with Crippen LogP contribution in [-0.4, -0.2) is 41.6 Å². The molecule has 0 radical (unpaired) electrons. The minimum Gasteiger partial charge on any atom is -0.375 e. The summed E-state index contributed by atoms with van der Waals surface area (Å²) in [6, 6.07) is 8.18. The summed E-state index contributed by atoms with van der Waals surface area (Å²) >= 11 is 1.40. The summed E-state index contributed by atoms with van der Waals surface area (Å²) in [5, 5.41) is 3.27. The number of likely N-dealkylation sites (tertiary alicyclic amines) is 1. The number of nitrogens with zero attached hydrogens (tertiary/aromatic N) is 1. The number of fused-ring (bicyclic) bond motifs is 1. The first-order chi connectivity index (χ1) is 12.1. The molecular weight excluding hydrogens is 334 g/mol. The quantitative estimate of drug-likeness (QED) is 0.764. The van der Waals surface area contributed by atoms with Crippen LogP contribution in [0, 0.1) is 5.92 Å². The molecule has 0 aromatic heterocycles. The Morgan fingerprint density at radius 2 is 1.92 bits per heavy atom. The van der Waals surface area contributed by atoms with Gasteiger partial charge in [-0.15, -0.1) is 11.8 Å². The first-order valence-corrected chi connectivity index (χ1v) is 10.2. The van der Waals surface area contributed by atoms with E-state index in [4.69, 9.17) is 5.73 Å². The number of piperidine rings is 1. The molecule has 2 amide bonds. The van der Waals surface area contributed by atoms with Crippen molar-refractivity contribution >= 4 is 29.3 Å². The number of nitrogens with one attached hydrogen (secondary N) is 1. The van der Waals surface area contributed by atoms with Gasteiger partial charge in [-0.2, -0.15) is 0 Å². The molecule has 1 saturated carbocycles. The van der Waals surface area contributed by atoms with Gasteiger partial charge < -0.3 is 16.0 Å². The third-order valence-corrected chi connectivity index (χ3v) is 6.35. The first kappa shape index (κ1) is 18.1. The molecule has 3 rings (SSSR count). The number of carbonyl (C=O) groups excluding carboxylic acids is 2. The zero-order valence-corrected chi connectivity index (χ0v) is 15.4. The molecule has 1 aliphatic heterocycles. The highest BCUT2D eigenvalue weighted by Gasteiger charge is 2.35. The number of hydrogen-bond acceptors (Lipinski definition) is 4. The summed E-state index contributed by atoms with van der Waals surface area (Å²) < 4.78 is 0. The maximum Gasteiger partial charge on any atom is 0.242 e. The van der Waals surface area contributed by atoms with E-state index in [9.17, 15) is 9.59 Å². The number of nitrogens with two attached hydrogens (primary N) is 1. The minimum absolute atomic E-state index is 0.186. The van der Waals surface area contributed by atoms with Gasteiger partial charge in [0, 0.05) is 23.2 Å². The molecule has 1 saturated heterocycles. The molecule has 5 nitrogen and oxygen atoms in total. The monoisotopic (exact) mass is 361 g/mol. The molecule has 2 fully saturated rings. The highest BCUT2D eigenvalue weighted by atomic mass is 32.2. The van der Waals surface area contributed by atoms with E-state index in [1.165, 1.54) is 37.4 Å². The number of primary amides is 1. The van der Waals surface area contributed by atoms with Crippen LogP contribution in [0.2, 0.25) is 0 Å². The van der Waals surface area contributed by atoms with Gasteiger partial charge in [-0.05, 0) is 43.7 Å². The molecule has 1 heterocycles. The van der Waals surface area contributed by atoms with Crippen LogP contribution in [0.25, 0.3) is 0 Å². The number of rotatable bonds is 6. The van der Waals surface area contributed by atoms with Gasteiger partial charge in [0.05, 0.1) is 12.3 Å². The third-order valence-electron chi connectivity index (χ3n) is 5.25. The molecule has 6 heteroatoms. The molecule has 25 heavy (non-hydrogen) atoms. The van der Waals surface area contributed by atoms with Crippen LogP contribution in [0.4, 0.5) is 5.69 Å². The fourth-order valence-electron chi connectivity index (χ4n) is 4.09. The van der Waals surface area contributed by atoms with Gasteiger partial charge in [0.2, 0.25) is 11.8 Å². The highest BCUT2D eigenvalue weighted by molar-refractivity contribution is 8.00. The Hall–Kier alpha value is -1.69. The lowest BCUT2D eigenvalue weighted by atomic mass is 9.78. The smallest absolute Gasteiger partial charge is 0.242 e. The number of anilines is 1. The predicted octanol–water partition coefficient (Wildman–Crippen LogP) is 2.86. The Balaban J connectivity index is 1.59. The standard InChI is InChI=1S/C19H27N3O2S/c20-18(23)13-25-17-10-4-2-8-15(17)21-12-19(24)22-11-5-7-14-6-1-3-9-16(14)22/h2,4,8,10,14,16,21H,1,3,5-7,9,11-13H2,(H2,20,23). The topological polar surface area (TPSA) is 75.4 Å². The second-order valence-corrected chi connectivity index (χ2v) is 7.96. The van der Waals surface area contributed by atoms with E-state index in [2.05, 4.69) is 10.2 Å². The van der Waals surface area contributed by atoms with E-state index < -0.39 is 0 Å². The number of thioether (sulfide) groups is 1. The first-order valence-electron chi connectivity index (χ1n) is 9.18. The SMILES string of the molecule is NC(=O)CSc1ccccc1NCC(=O)N1CCCC2CCCCC21. The van der Waals surface area contributed by atoms with Crippen molar-refractivity contribution in [2.45, 2.75) is 49.5 Å². The van der Waals surface area contributed by atoms with Crippen molar-refractivity contribution in [1.29, 1.82) is 0 Å². The van der Waals surface area contributed by atoms with Gasteiger partial charge >= 0.3 is 0 Å². The van der Waals surface area contributed by atoms with Crippen molar-refractivity contribution in [2.75, 3.05) is 24.2 Å². The highest BCUT2D eigenvalue weighted by Crippen LogP contribution is 2.35. The number of carbonyl (C=O) groups is 2. The summed E-state index contributed by atoms with van der Waals surface area (Å²) in [6.07, 6.45) is 7.37. The third kappa shape index (κ3) is 4.69. The molecule has 0 bridgehead atoms. The summed E-state index contributed by atoms with van der Waals surface area (Å²) in [5.41, 5.74) is 6.12. The van der Waals surface area contributed by atoms with Crippen molar-refractivity contribution in [3.63, 3.8) is 0 Å². The maximum absolute atomic E-state index is 12.8. The lowest BCUT2D eigenvalue weighted by Gasteiger charge is -2.44. The Bertz CT molecular complexity index is 620. The zero-order chi connectivity index (χ0) is 17.6. The van der Waals surface area contributed by atoms with Crippen LogP contribution < -0.4 is 11.1 Å². The molecule has 2 aliphatic rings. The van der Waals surface area contributed by atoms with Crippen LogP contribution in [0.5, 0.6) is 0 Å². The van der Waals surface area contributed by atoms with E-state index in [0.717, 1.165) is 30.0 Å². The largest absolute Gasteiger partial charge is 0.375 e. The Labute approximate surface area is 153 Å². The van der Waals surface area contributed by atoms with Gasteiger partial charge in [-0.3, -0.25) is 9.59 Å². The minimum atomic E-state index is -0.340. The average molecular weight is 362 g/mol. The zero-order valence-electron chi connectivity index (χ0n) is 14.6. The second kappa shape index (κ2) is 8.61. The number of benzene rings is 1. The number of hydrogen-bond donors (Lipinski definition) is 2. The lowest BCUT2D eigenvalue weighted by Crippen LogP contribution is -2.51. The van der Waals surface area contributed by atoms with Crippen LogP contribution in [0.1, 0.15) is 38.5 Å². The van der Waals surface area contributed by atoms with Crippen molar-refractivity contribution in [3.05, 3.63) is 24.3 Å². The molecule has 136 valence electrons. The summed E-state index contributed by atoms with van der Waals surface area (Å²) in [7, 11) is 0. The van der Waals surface area contributed by atoms with Crippen LogP contribution in [0.3, 0.4) is 0 Å². The molecule has 2 unspecified atom stereocenters. The van der Waals surface area contributed by atoms with E-state index in [1.807, 2.05) is 24.3 Å². The number of amides is 2. The fourth-order valence-corrected chi connectivity index (χ4v) is 4.86. The van der Waals surface area contributed by atoms with Gasteiger partial charge in [-0.1, -0.05) is 25.0 Å². The lowest BCUT2D eigenvalue weighted by molar-refractivity contribution is -0.135. The molecule has 2 atom stereocenters. The Morgan fingerprint density at radius 1 is 1.16 bits per heavy atom. The van der Waals surface area contributed by atoms with Crippen molar-refractivity contribution < 1.29 is 9.59 Å². The van der Waals surface area contributed by atoms with E-state index in [0.29, 0.717) is 18.5 Å². The Kier molecular flexibility index (Phi) is 6.24. The van der Waals surface area contributed by atoms with E-state index in [-0.39, 0.29) is 17.6 Å². The molecule has 1 aromatic rings. The average Bonchev–Trinajstić information content (AvgIpc) is 2.64. The summed E-state index contributed by atoms with van der Waals surface area (Å²) in [6.45, 7) is 1.19. The van der Waals surface area contributed by atoms with Gasteiger partial charge in [-0.25, -0.2) is 0 Å². The Morgan fingerprint density at radius 3 is 2.76 bits per heavy atom.